The molecule has 4 saturated carbocycles. The van der Waals surface area contributed by atoms with Gasteiger partial charge in [0.15, 0.2) is 0 Å². The van der Waals surface area contributed by atoms with E-state index in [4.69, 9.17) is 4.74 Å². The van der Waals surface area contributed by atoms with Gasteiger partial charge >= 0.3 is 5.97 Å². The SMILES string of the molecule is CC[C@@H]1C(=O)C2C3CC[C@H]([C@H](C)CCC(=O)OC)[C@@]3(C)CCC2[C@@]2(C)CC[C@@H](C)C[C@@H]12. The lowest BCUT2D eigenvalue weighted by molar-refractivity contribution is -0.170. The fourth-order valence-corrected chi connectivity index (χ4v) is 9.48. The Morgan fingerprint density at radius 2 is 1.74 bits per heavy atom. The Morgan fingerprint density at radius 1 is 1.06 bits per heavy atom. The highest BCUT2D eigenvalue weighted by Crippen LogP contribution is 2.69. The van der Waals surface area contributed by atoms with Crippen LogP contribution >= 0.6 is 0 Å². The number of carbonyl (C=O) groups is 2. The monoisotopic (exact) mass is 430 g/mol. The summed E-state index contributed by atoms with van der Waals surface area (Å²) in [6, 6.07) is 0. The maximum Gasteiger partial charge on any atom is 0.305 e. The molecule has 0 amide bonds. The molecule has 0 bridgehead atoms. The molecule has 0 N–H and O–H groups in total. The van der Waals surface area contributed by atoms with Crippen LogP contribution in [-0.2, 0) is 14.3 Å². The predicted molar refractivity (Wildman–Crippen MR) is 124 cm³/mol. The highest BCUT2D eigenvalue weighted by molar-refractivity contribution is 5.86. The fraction of sp³-hybridized carbons (Fsp3) is 0.929. The number of ether oxygens (including phenoxy) is 1. The largest absolute Gasteiger partial charge is 0.469 e. The Morgan fingerprint density at radius 3 is 2.42 bits per heavy atom. The van der Waals surface area contributed by atoms with Crippen LogP contribution in [0.1, 0.15) is 98.8 Å². The molecule has 0 aromatic carbocycles. The quantitative estimate of drug-likeness (QED) is 0.457. The van der Waals surface area contributed by atoms with Crippen molar-refractivity contribution in [3.8, 4) is 0 Å². The van der Waals surface area contributed by atoms with Crippen molar-refractivity contribution in [3.05, 3.63) is 0 Å². The molecule has 0 radical (unpaired) electrons. The summed E-state index contributed by atoms with van der Waals surface area (Å²) < 4.78 is 4.89. The minimum Gasteiger partial charge on any atom is -0.469 e. The topological polar surface area (TPSA) is 43.4 Å². The molecule has 4 aliphatic carbocycles. The summed E-state index contributed by atoms with van der Waals surface area (Å²) in [5, 5.41) is 0. The van der Waals surface area contributed by atoms with Crippen LogP contribution in [0.25, 0.3) is 0 Å². The molecule has 3 unspecified atom stereocenters. The minimum absolute atomic E-state index is 0.0889. The first-order chi connectivity index (χ1) is 14.7. The van der Waals surface area contributed by atoms with E-state index in [0.29, 0.717) is 47.2 Å². The number of hydrogen-bond donors (Lipinski definition) is 0. The van der Waals surface area contributed by atoms with Crippen molar-refractivity contribution in [2.75, 3.05) is 7.11 Å². The number of Topliss-reactive ketones (excluding diaryl/α,β-unsaturated/α-hetero) is 1. The van der Waals surface area contributed by atoms with Crippen molar-refractivity contribution in [3.63, 3.8) is 0 Å². The third kappa shape index (κ3) is 3.61. The molecule has 176 valence electrons. The van der Waals surface area contributed by atoms with E-state index in [1.54, 1.807) is 0 Å². The van der Waals surface area contributed by atoms with Crippen molar-refractivity contribution in [1.29, 1.82) is 0 Å². The molecule has 3 nitrogen and oxygen atoms in total. The average Bonchev–Trinajstić information content (AvgIpc) is 3.10. The Kier molecular flexibility index (Phi) is 6.38. The van der Waals surface area contributed by atoms with Gasteiger partial charge < -0.3 is 4.74 Å². The summed E-state index contributed by atoms with van der Waals surface area (Å²) in [5.74, 6) is 4.81. The van der Waals surface area contributed by atoms with Gasteiger partial charge in [0.25, 0.3) is 0 Å². The first kappa shape index (κ1) is 23.3. The standard InChI is InChI=1S/C28H46O3/c1-7-19-23-16-17(2)12-14-28(23,5)22-13-15-27(4)20(18(3)8-11-24(29)31-6)9-10-21(27)25(22)26(19)30/h17-23,25H,7-16H2,1-6H3/t17-,18-,19+,20-,21?,22?,23+,25?,27-,28-/m1/s1. The lowest BCUT2D eigenvalue weighted by Crippen LogP contribution is -2.60. The number of rotatable bonds is 5. The van der Waals surface area contributed by atoms with Gasteiger partial charge in [0.2, 0.25) is 0 Å². The summed E-state index contributed by atoms with van der Waals surface area (Å²) in [7, 11) is 1.49. The molecule has 0 saturated heterocycles. The van der Waals surface area contributed by atoms with Crippen molar-refractivity contribution in [1.82, 2.24) is 0 Å². The zero-order valence-corrected chi connectivity index (χ0v) is 20.9. The molecule has 0 aromatic heterocycles. The Hall–Kier alpha value is -0.860. The van der Waals surface area contributed by atoms with E-state index in [0.717, 1.165) is 18.8 Å². The van der Waals surface area contributed by atoms with E-state index in [9.17, 15) is 9.59 Å². The van der Waals surface area contributed by atoms with Crippen molar-refractivity contribution >= 4 is 11.8 Å². The third-order valence-corrected chi connectivity index (χ3v) is 11.2. The smallest absolute Gasteiger partial charge is 0.305 e. The molecule has 4 aliphatic rings. The van der Waals surface area contributed by atoms with E-state index in [2.05, 4.69) is 34.6 Å². The molecule has 31 heavy (non-hydrogen) atoms. The van der Waals surface area contributed by atoms with Crippen LogP contribution in [0.15, 0.2) is 0 Å². The van der Waals surface area contributed by atoms with Crippen molar-refractivity contribution in [2.24, 2.45) is 58.2 Å². The first-order valence-electron chi connectivity index (χ1n) is 13.3. The van der Waals surface area contributed by atoms with Gasteiger partial charge in [-0.3, -0.25) is 9.59 Å². The lowest BCUT2D eigenvalue weighted by Gasteiger charge is -2.62. The zero-order chi connectivity index (χ0) is 22.6. The Balaban J connectivity index is 1.59. The number of ketones is 1. The van der Waals surface area contributed by atoms with Crippen LogP contribution in [-0.4, -0.2) is 18.9 Å². The van der Waals surface area contributed by atoms with Crippen LogP contribution in [0.5, 0.6) is 0 Å². The second kappa shape index (κ2) is 8.49. The minimum atomic E-state index is -0.0889. The Bertz CT molecular complexity index is 700. The maximum atomic E-state index is 14.0. The van der Waals surface area contributed by atoms with Gasteiger partial charge in [-0.15, -0.1) is 0 Å². The molecular weight excluding hydrogens is 384 g/mol. The molecule has 4 fully saturated rings. The number of carbonyl (C=O) groups excluding carboxylic acids is 2. The number of hydrogen-bond acceptors (Lipinski definition) is 3. The maximum absolute atomic E-state index is 14.0. The van der Waals surface area contributed by atoms with Gasteiger partial charge in [0, 0.05) is 18.3 Å². The zero-order valence-electron chi connectivity index (χ0n) is 20.9. The molecule has 0 spiro atoms. The van der Waals surface area contributed by atoms with Crippen LogP contribution in [0.2, 0.25) is 0 Å². The van der Waals surface area contributed by atoms with Gasteiger partial charge in [-0.05, 0) is 97.7 Å². The van der Waals surface area contributed by atoms with Crippen LogP contribution in [0.3, 0.4) is 0 Å². The highest BCUT2D eigenvalue weighted by atomic mass is 16.5. The van der Waals surface area contributed by atoms with E-state index < -0.39 is 0 Å². The van der Waals surface area contributed by atoms with Crippen molar-refractivity contribution < 1.29 is 14.3 Å². The van der Waals surface area contributed by atoms with Crippen LogP contribution < -0.4 is 0 Å². The second-order valence-corrected chi connectivity index (χ2v) is 12.5. The van der Waals surface area contributed by atoms with E-state index in [-0.39, 0.29) is 23.2 Å². The highest BCUT2D eigenvalue weighted by Gasteiger charge is 2.64. The number of methoxy groups -OCH3 is 1. The molecule has 4 rings (SSSR count). The summed E-state index contributed by atoms with van der Waals surface area (Å²) in [5.41, 5.74) is 0.623. The molecule has 0 aliphatic heterocycles. The summed E-state index contributed by atoms with van der Waals surface area (Å²) in [6.45, 7) is 12.1. The molecular formula is C28H46O3. The van der Waals surface area contributed by atoms with Crippen LogP contribution in [0.4, 0.5) is 0 Å². The summed E-state index contributed by atoms with van der Waals surface area (Å²) >= 11 is 0. The summed E-state index contributed by atoms with van der Waals surface area (Å²) in [6.07, 6.45) is 11.3. The normalized spacial score (nSPS) is 47.8. The number of esters is 1. The van der Waals surface area contributed by atoms with E-state index in [1.165, 1.54) is 52.1 Å². The van der Waals surface area contributed by atoms with Crippen molar-refractivity contribution in [2.45, 2.75) is 98.8 Å². The van der Waals surface area contributed by atoms with Gasteiger partial charge in [-0.25, -0.2) is 0 Å². The predicted octanol–water partition coefficient (Wildman–Crippen LogP) is 6.69. The Labute approximate surface area is 190 Å². The molecule has 0 aromatic rings. The van der Waals surface area contributed by atoms with Gasteiger partial charge in [0.05, 0.1) is 7.11 Å². The molecule has 0 heterocycles. The van der Waals surface area contributed by atoms with E-state index >= 15 is 0 Å². The lowest BCUT2D eigenvalue weighted by atomic mass is 9.41. The fourth-order valence-electron chi connectivity index (χ4n) is 9.48. The van der Waals surface area contributed by atoms with Gasteiger partial charge in [0.1, 0.15) is 5.78 Å². The molecule has 3 heteroatoms. The van der Waals surface area contributed by atoms with Crippen LogP contribution in [0, 0.1) is 58.2 Å². The second-order valence-electron chi connectivity index (χ2n) is 12.5. The summed E-state index contributed by atoms with van der Waals surface area (Å²) in [4.78, 5) is 25.8. The van der Waals surface area contributed by atoms with E-state index in [1.807, 2.05) is 0 Å². The average molecular weight is 431 g/mol. The van der Waals surface area contributed by atoms with Gasteiger partial charge in [-0.2, -0.15) is 0 Å². The first-order valence-corrected chi connectivity index (χ1v) is 13.3. The van der Waals surface area contributed by atoms with Gasteiger partial charge in [-0.1, -0.05) is 41.0 Å². The molecule has 10 atom stereocenters. The number of fused-ring (bicyclic) bond motifs is 5. The third-order valence-electron chi connectivity index (χ3n) is 11.2.